The van der Waals surface area contributed by atoms with Crippen molar-refractivity contribution in [2.75, 3.05) is 5.01 Å². The molecule has 9 heteroatoms. The van der Waals surface area contributed by atoms with Crippen molar-refractivity contribution in [2.24, 2.45) is 0 Å². The Morgan fingerprint density at radius 2 is 1.56 bits per heavy atom. The van der Waals surface area contributed by atoms with Gasteiger partial charge in [-0.25, -0.2) is 5.01 Å². The fourth-order valence-electron chi connectivity index (χ4n) is 3.13. The summed E-state index contributed by atoms with van der Waals surface area (Å²) < 4.78 is 5.90. The van der Waals surface area contributed by atoms with Gasteiger partial charge in [-0.15, -0.1) is 0 Å². The summed E-state index contributed by atoms with van der Waals surface area (Å²) in [5, 5.41) is 2.57. The molecule has 0 unspecified atom stereocenters. The molecule has 0 aliphatic carbocycles. The minimum atomic E-state index is -0.560. The zero-order valence-electron chi connectivity index (χ0n) is 16.2. The molecule has 32 heavy (non-hydrogen) atoms. The van der Waals surface area contributed by atoms with Gasteiger partial charge in [0.2, 0.25) is 0 Å². The van der Waals surface area contributed by atoms with Gasteiger partial charge < -0.3 is 4.74 Å². The van der Waals surface area contributed by atoms with Crippen LogP contribution in [0.4, 0.5) is 5.69 Å². The Kier molecular flexibility index (Phi) is 6.63. The average molecular weight is 508 g/mol. The number of nitrogens with zero attached hydrogens (tertiary/aromatic N) is 1. The number of nitrogens with one attached hydrogen (secondary N) is 1. The first-order chi connectivity index (χ1) is 15.3. The molecule has 1 N–H and O–H groups in total. The molecule has 4 rings (SSSR count). The third-order valence-electron chi connectivity index (χ3n) is 4.67. The van der Waals surface area contributed by atoms with Crippen molar-refractivity contribution < 1.29 is 14.3 Å². The topological polar surface area (TPSA) is 58.6 Å². The Labute approximate surface area is 204 Å². The van der Waals surface area contributed by atoms with Crippen LogP contribution in [-0.2, 0) is 16.2 Å². The zero-order valence-corrected chi connectivity index (χ0v) is 19.3. The fourth-order valence-corrected chi connectivity index (χ4v) is 4.20. The highest BCUT2D eigenvalue weighted by Crippen LogP contribution is 2.36. The van der Waals surface area contributed by atoms with E-state index in [0.717, 1.165) is 0 Å². The maximum atomic E-state index is 12.9. The standard InChI is InChI=1S/C23H14Cl4N2O3/c24-14-9-13(10-16-22(30)28-29(23(16)31)15-5-2-1-3-6-15)21(20(27)11-14)32-12-17-18(25)7-4-8-19(17)26/h1-11H,12H2,(H,28,30). The first-order valence-electron chi connectivity index (χ1n) is 9.32. The van der Waals surface area contributed by atoms with Crippen molar-refractivity contribution in [1.82, 2.24) is 5.43 Å². The summed E-state index contributed by atoms with van der Waals surface area (Å²) in [7, 11) is 0. The normalized spacial score (nSPS) is 14.8. The van der Waals surface area contributed by atoms with Crippen LogP contribution in [0.3, 0.4) is 0 Å². The number of rotatable bonds is 5. The first-order valence-corrected chi connectivity index (χ1v) is 10.8. The van der Waals surface area contributed by atoms with Crippen LogP contribution < -0.4 is 15.2 Å². The molecule has 1 heterocycles. The van der Waals surface area contributed by atoms with Gasteiger partial charge in [-0.2, -0.15) is 0 Å². The summed E-state index contributed by atoms with van der Waals surface area (Å²) in [6.45, 7) is 0.0202. The molecule has 3 aromatic rings. The zero-order chi connectivity index (χ0) is 22.8. The summed E-state index contributed by atoms with van der Waals surface area (Å²) in [5.74, 6) is -0.842. The molecular formula is C23H14Cl4N2O3. The lowest BCUT2D eigenvalue weighted by atomic mass is 10.1. The Balaban J connectivity index is 1.69. The van der Waals surface area contributed by atoms with Gasteiger partial charge in [0.05, 0.1) is 10.7 Å². The minimum absolute atomic E-state index is 0.0202. The Bertz CT molecular complexity index is 1230. The van der Waals surface area contributed by atoms with Crippen LogP contribution in [0.2, 0.25) is 20.1 Å². The van der Waals surface area contributed by atoms with E-state index in [1.54, 1.807) is 48.5 Å². The monoisotopic (exact) mass is 506 g/mol. The van der Waals surface area contributed by atoms with E-state index in [0.29, 0.717) is 31.9 Å². The second-order valence-electron chi connectivity index (χ2n) is 6.77. The number of para-hydroxylation sites is 1. The SMILES string of the molecule is O=C1NN(c2ccccc2)C(=O)C1=Cc1cc(Cl)cc(Cl)c1OCc1c(Cl)cccc1Cl. The maximum absolute atomic E-state index is 12.9. The number of carbonyl (C=O) groups excluding carboxylic acids is 2. The number of anilines is 1. The molecule has 162 valence electrons. The molecule has 2 amide bonds. The largest absolute Gasteiger partial charge is 0.487 e. The van der Waals surface area contributed by atoms with Gasteiger partial charge in [0.15, 0.2) is 0 Å². The van der Waals surface area contributed by atoms with E-state index in [9.17, 15) is 9.59 Å². The predicted molar refractivity (Wildman–Crippen MR) is 127 cm³/mol. The number of carbonyl (C=O) groups is 2. The van der Waals surface area contributed by atoms with Crippen molar-refractivity contribution >= 4 is 70.0 Å². The molecule has 1 fully saturated rings. The molecule has 0 bridgehead atoms. The van der Waals surface area contributed by atoms with E-state index in [-0.39, 0.29) is 23.0 Å². The number of amides is 2. The van der Waals surface area contributed by atoms with E-state index in [4.69, 9.17) is 51.1 Å². The highest BCUT2D eigenvalue weighted by molar-refractivity contribution is 6.37. The number of hydrazine groups is 1. The van der Waals surface area contributed by atoms with E-state index in [1.165, 1.54) is 17.2 Å². The molecule has 3 aromatic carbocycles. The lowest BCUT2D eigenvalue weighted by molar-refractivity contribution is -0.117. The molecule has 0 radical (unpaired) electrons. The van der Waals surface area contributed by atoms with Gasteiger partial charge in [-0.3, -0.25) is 15.0 Å². The summed E-state index contributed by atoms with van der Waals surface area (Å²) in [6.07, 6.45) is 1.39. The number of halogens is 4. The quantitative estimate of drug-likeness (QED) is 0.323. The van der Waals surface area contributed by atoms with Crippen LogP contribution in [0, 0.1) is 0 Å². The van der Waals surface area contributed by atoms with Crippen LogP contribution in [0.15, 0.2) is 66.2 Å². The van der Waals surface area contributed by atoms with Gasteiger partial charge in [-0.05, 0) is 42.5 Å². The van der Waals surface area contributed by atoms with Crippen molar-refractivity contribution in [3.8, 4) is 5.75 Å². The van der Waals surface area contributed by atoms with Crippen LogP contribution in [-0.4, -0.2) is 11.8 Å². The lowest BCUT2D eigenvalue weighted by Gasteiger charge is -2.14. The summed E-state index contributed by atoms with van der Waals surface area (Å²) in [4.78, 5) is 25.4. The Hall–Kier alpha value is -2.70. The predicted octanol–water partition coefficient (Wildman–Crippen LogP) is 6.34. The molecule has 0 saturated carbocycles. The van der Waals surface area contributed by atoms with E-state index >= 15 is 0 Å². The molecule has 1 aliphatic rings. The first kappa shape index (κ1) is 22.5. The molecule has 1 saturated heterocycles. The number of benzene rings is 3. The Morgan fingerprint density at radius 1 is 0.875 bits per heavy atom. The van der Waals surface area contributed by atoms with Gasteiger partial charge in [0.1, 0.15) is 17.9 Å². The number of hydrogen-bond donors (Lipinski definition) is 1. The van der Waals surface area contributed by atoms with Gasteiger partial charge in [-0.1, -0.05) is 70.7 Å². The summed E-state index contributed by atoms with van der Waals surface area (Å²) in [6, 6.07) is 16.9. The van der Waals surface area contributed by atoms with Crippen LogP contribution in [0.25, 0.3) is 6.08 Å². The van der Waals surface area contributed by atoms with Crippen molar-refractivity contribution in [3.05, 3.63) is 97.5 Å². The Morgan fingerprint density at radius 3 is 2.25 bits per heavy atom. The van der Waals surface area contributed by atoms with Gasteiger partial charge in [0, 0.05) is 26.2 Å². The third kappa shape index (κ3) is 4.57. The second-order valence-corrected chi connectivity index (χ2v) is 8.43. The molecule has 0 aromatic heterocycles. The summed E-state index contributed by atoms with van der Waals surface area (Å²) in [5.41, 5.74) is 3.92. The molecular weight excluding hydrogens is 494 g/mol. The van der Waals surface area contributed by atoms with E-state index in [1.807, 2.05) is 6.07 Å². The van der Waals surface area contributed by atoms with Crippen molar-refractivity contribution in [3.63, 3.8) is 0 Å². The van der Waals surface area contributed by atoms with Gasteiger partial charge in [0.25, 0.3) is 11.8 Å². The lowest BCUT2D eigenvalue weighted by Crippen LogP contribution is -2.35. The van der Waals surface area contributed by atoms with Crippen molar-refractivity contribution in [1.29, 1.82) is 0 Å². The van der Waals surface area contributed by atoms with Crippen LogP contribution >= 0.6 is 46.4 Å². The summed E-state index contributed by atoms with van der Waals surface area (Å²) >= 11 is 25.0. The number of hydrogen-bond acceptors (Lipinski definition) is 3. The van der Waals surface area contributed by atoms with Crippen LogP contribution in [0.5, 0.6) is 5.75 Å². The molecule has 1 aliphatic heterocycles. The molecule has 0 spiro atoms. The minimum Gasteiger partial charge on any atom is -0.487 e. The fraction of sp³-hybridized carbons (Fsp3) is 0.0435. The third-order valence-corrected chi connectivity index (χ3v) is 5.87. The van der Waals surface area contributed by atoms with E-state index < -0.39 is 11.8 Å². The van der Waals surface area contributed by atoms with Gasteiger partial charge >= 0.3 is 0 Å². The van der Waals surface area contributed by atoms with E-state index in [2.05, 4.69) is 5.43 Å². The molecule has 5 nitrogen and oxygen atoms in total. The van der Waals surface area contributed by atoms with Crippen LogP contribution in [0.1, 0.15) is 11.1 Å². The van der Waals surface area contributed by atoms with Crippen molar-refractivity contribution in [2.45, 2.75) is 6.61 Å². The molecule has 0 atom stereocenters. The smallest absolute Gasteiger partial charge is 0.282 e. The highest BCUT2D eigenvalue weighted by atomic mass is 35.5. The average Bonchev–Trinajstić information content (AvgIpc) is 3.03. The maximum Gasteiger partial charge on any atom is 0.282 e. The second kappa shape index (κ2) is 9.43. The number of ether oxygens (including phenoxy) is 1. The highest BCUT2D eigenvalue weighted by Gasteiger charge is 2.34.